The van der Waals surface area contributed by atoms with Gasteiger partial charge in [0.1, 0.15) is 18.7 Å². The summed E-state index contributed by atoms with van der Waals surface area (Å²) in [6, 6.07) is 4.19. The smallest absolute Gasteiger partial charge is 0.324 e. The molecule has 7 nitrogen and oxygen atoms in total. The molecule has 24 heavy (non-hydrogen) atoms. The minimum absolute atomic E-state index is 0.0506. The van der Waals surface area contributed by atoms with Crippen molar-refractivity contribution in [2.75, 3.05) is 38.3 Å². The van der Waals surface area contributed by atoms with Crippen LogP contribution in [0.25, 0.3) is 10.2 Å². The number of urea groups is 1. The molecule has 0 radical (unpaired) electrons. The number of piperidine rings is 1. The zero-order valence-corrected chi connectivity index (χ0v) is 14.1. The lowest BCUT2D eigenvalue weighted by Gasteiger charge is -2.33. The molecule has 0 aliphatic carbocycles. The summed E-state index contributed by atoms with van der Waals surface area (Å²) in [5.41, 5.74) is 0.788. The first-order chi connectivity index (χ1) is 11.7. The lowest BCUT2D eigenvalue weighted by Crippen LogP contribution is -2.49. The molecule has 1 aromatic heterocycles. The number of amides is 2. The highest BCUT2D eigenvalue weighted by Crippen LogP contribution is 2.42. The van der Waals surface area contributed by atoms with Gasteiger partial charge in [-0.05, 0) is 32.1 Å². The van der Waals surface area contributed by atoms with Crippen molar-refractivity contribution in [3.63, 3.8) is 0 Å². The molecule has 126 valence electrons. The number of carbonyl (C=O) groups excluding carboxylic acids is 1. The van der Waals surface area contributed by atoms with E-state index in [1.807, 2.05) is 17.0 Å². The minimum Gasteiger partial charge on any atom is -0.486 e. The number of aromatic nitrogens is 1. The third-order valence-corrected chi connectivity index (χ3v) is 5.92. The van der Waals surface area contributed by atoms with Crippen LogP contribution in [0.2, 0.25) is 0 Å². The van der Waals surface area contributed by atoms with Crippen molar-refractivity contribution in [1.82, 2.24) is 15.2 Å². The Morgan fingerprint density at radius 1 is 1.33 bits per heavy atom. The van der Waals surface area contributed by atoms with Gasteiger partial charge in [-0.15, -0.1) is 0 Å². The molecule has 1 aromatic carbocycles. The fourth-order valence-electron chi connectivity index (χ4n) is 3.75. The highest BCUT2D eigenvalue weighted by Gasteiger charge is 2.44. The molecule has 0 saturated carbocycles. The minimum atomic E-state index is -0.0506. The van der Waals surface area contributed by atoms with E-state index in [1.165, 1.54) is 11.3 Å². The molecule has 3 aliphatic rings. The molecule has 2 aromatic rings. The number of ether oxygens (including phenoxy) is 2. The van der Waals surface area contributed by atoms with Crippen LogP contribution < -0.4 is 19.7 Å². The van der Waals surface area contributed by atoms with Crippen LogP contribution in [0, 0.1) is 0 Å². The van der Waals surface area contributed by atoms with Gasteiger partial charge < -0.3 is 19.7 Å². The molecule has 1 N–H and O–H groups in total. The third-order valence-electron chi connectivity index (χ3n) is 4.90. The van der Waals surface area contributed by atoms with Crippen LogP contribution in [0.4, 0.5) is 9.93 Å². The number of likely N-dealkylation sites (tertiary alicyclic amines) is 1. The van der Waals surface area contributed by atoms with Crippen LogP contribution in [-0.2, 0) is 0 Å². The summed E-state index contributed by atoms with van der Waals surface area (Å²) in [6.45, 7) is 2.95. The Labute approximate surface area is 143 Å². The number of rotatable bonds is 1. The average Bonchev–Trinajstić information content (AvgIpc) is 3.14. The van der Waals surface area contributed by atoms with Crippen molar-refractivity contribution in [3.05, 3.63) is 12.1 Å². The average molecular weight is 346 g/mol. The Hall–Kier alpha value is -2.06. The molecule has 0 spiro atoms. The number of fused-ring (bicyclic) bond motifs is 4. The summed E-state index contributed by atoms with van der Waals surface area (Å²) in [6.07, 6.45) is 0.952. The number of nitrogens with one attached hydrogen (secondary N) is 1. The van der Waals surface area contributed by atoms with Crippen LogP contribution in [0.3, 0.4) is 0 Å². The molecule has 4 heterocycles. The molecule has 2 unspecified atom stereocenters. The van der Waals surface area contributed by atoms with E-state index in [4.69, 9.17) is 14.5 Å². The molecular formula is C16H18N4O3S. The first-order valence-corrected chi connectivity index (χ1v) is 9.00. The van der Waals surface area contributed by atoms with Gasteiger partial charge >= 0.3 is 6.03 Å². The summed E-state index contributed by atoms with van der Waals surface area (Å²) in [4.78, 5) is 21.3. The quantitative estimate of drug-likeness (QED) is 0.851. The number of carbonyl (C=O) groups is 1. The molecule has 3 aliphatic heterocycles. The van der Waals surface area contributed by atoms with E-state index in [-0.39, 0.29) is 18.1 Å². The van der Waals surface area contributed by atoms with Gasteiger partial charge in [0, 0.05) is 6.54 Å². The second-order valence-electron chi connectivity index (χ2n) is 6.48. The van der Waals surface area contributed by atoms with Gasteiger partial charge in [-0.25, -0.2) is 9.78 Å². The highest BCUT2D eigenvalue weighted by atomic mass is 32.1. The number of nitrogens with zero attached hydrogens (tertiary/aromatic N) is 3. The summed E-state index contributed by atoms with van der Waals surface area (Å²) in [5.74, 6) is 1.43. The van der Waals surface area contributed by atoms with E-state index < -0.39 is 0 Å². The van der Waals surface area contributed by atoms with Crippen molar-refractivity contribution >= 4 is 32.7 Å². The number of likely N-dealkylation sites (N-methyl/N-ethyl adjacent to an activating group) is 1. The van der Waals surface area contributed by atoms with Crippen LogP contribution in [0.15, 0.2) is 12.1 Å². The van der Waals surface area contributed by atoms with E-state index >= 15 is 0 Å². The Kier molecular flexibility index (Phi) is 3.11. The van der Waals surface area contributed by atoms with Crippen LogP contribution in [-0.4, -0.2) is 61.3 Å². The van der Waals surface area contributed by atoms with Crippen molar-refractivity contribution in [1.29, 1.82) is 0 Å². The lowest BCUT2D eigenvalue weighted by molar-refractivity contribution is 0.173. The Bertz CT molecular complexity index is 823. The van der Waals surface area contributed by atoms with Crippen molar-refractivity contribution in [3.8, 4) is 11.5 Å². The summed E-state index contributed by atoms with van der Waals surface area (Å²) in [5, 5.41) is 3.84. The summed E-state index contributed by atoms with van der Waals surface area (Å²) >= 11 is 1.53. The normalized spacial score (nSPS) is 26.5. The Morgan fingerprint density at radius 2 is 2.21 bits per heavy atom. The first-order valence-electron chi connectivity index (χ1n) is 8.18. The van der Waals surface area contributed by atoms with E-state index in [9.17, 15) is 4.79 Å². The fourth-order valence-corrected chi connectivity index (χ4v) is 4.77. The molecule has 5 rings (SSSR count). The highest BCUT2D eigenvalue weighted by molar-refractivity contribution is 7.22. The zero-order valence-electron chi connectivity index (χ0n) is 13.3. The van der Waals surface area contributed by atoms with E-state index in [0.29, 0.717) is 19.0 Å². The molecule has 2 fully saturated rings. The van der Waals surface area contributed by atoms with E-state index in [2.05, 4.69) is 17.3 Å². The maximum absolute atomic E-state index is 12.5. The van der Waals surface area contributed by atoms with E-state index in [1.54, 1.807) is 0 Å². The number of hydrogen-bond donors (Lipinski definition) is 1. The zero-order chi connectivity index (χ0) is 16.3. The van der Waals surface area contributed by atoms with Gasteiger partial charge in [0.05, 0.1) is 16.8 Å². The summed E-state index contributed by atoms with van der Waals surface area (Å²) < 4.78 is 12.4. The number of benzene rings is 1. The number of thiazole rings is 1. The van der Waals surface area contributed by atoms with Gasteiger partial charge in [0.15, 0.2) is 16.6 Å². The number of anilines is 1. The van der Waals surface area contributed by atoms with Crippen molar-refractivity contribution in [2.24, 2.45) is 0 Å². The lowest BCUT2D eigenvalue weighted by atomic mass is 10.0. The number of hydrogen-bond acceptors (Lipinski definition) is 6. The topological polar surface area (TPSA) is 66.9 Å². The van der Waals surface area contributed by atoms with Gasteiger partial charge in [-0.3, -0.25) is 4.90 Å². The summed E-state index contributed by atoms with van der Waals surface area (Å²) in [7, 11) is 2.09. The second kappa shape index (κ2) is 5.22. The SMILES string of the molecule is CN1CCC2C(C1)NC(=O)N2c1nc2c3c(ccc2s1)OCCO3. The van der Waals surface area contributed by atoms with Gasteiger partial charge in [0.25, 0.3) is 0 Å². The predicted molar refractivity (Wildman–Crippen MR) is 91.3 cm³/mol. The van der Waals surface area contributed by atoms with Crippen molar-refractivity contribution in [2.45, 2.75) is 18.5 Å². The molecule has 0 bridgehead atoms. The fraction of sp³-hybridized carbons (Fsp3) is 0.500. The van der Waals surface area contributed by atoms with E-state index in [0.717, 1.165) is 40.6 Å². The van der Waals surface area contributed by atoms with Crippen LogP contribution >= 0.6 is 11.3 Å². The van der Waals surface area contributed by atoms with Gasteiger partial charge in [0.2, 0.25) is 0 Å². The maximum Gasteiger partial charge on any atom is 0.324 e. The standard InChI is InChI=1S/C16H18N4O3S/c1-19-5-4-10-9(8-19)17-15(21)20(10)16-18-13-12(24-16)3-2-11-14(13)23-7-6-22-11/h2-3,9-10H,4-8H2,1H3,(H,17,21). The largest absolute Gasteiger partial charge is 0.486 e. The van der Waals surface area contributed by atoms with Crippen molar-refractivity contribution < 1.29 is 14.3 Å². The van der Waals surface area contributed by atoms with Gasteiger partial charge in [-0.1, -0.05) is 11.3 Å². The third kappa shape index (κ3) is 2.06. The molecule has 2 saturated heterocycles. The molecule has 2 amide bonds. The molecule has 8 heteroatoms. The Morgan fingerprint density at radius 3 is 3.12 bits per heavy atom. The van der Waals surface area contributed by atoms with Gasteiger partial charge in [-0.2, -0.15) is 0 Å². The Balaban J connectivity index is 1.56. The maximum atomic E-state index is 12.5. The van der Waals surface area contributed by atoms with Crippen LogP contribution in [0.1, 0.15) is 6.42 Å². The monoisotopic (exact) mass is 346 g/mol. The molecule has 2 atom stereocenters. The molecular weight excluding hydrogens is 328 g/mol. The van der Waals surface area contributed by atoms with Crippen LogP contribution in [0.5, 0.6) is 11.5 Å². The second-order valence-corrected chi connectivity index (χ2v) is 7.49. The first kappa shape index (κ1) is 14.3. The predicted octanol–water partition coefficient (Wildman–Crippen LogP) is 1.67.